The summed E-state index contributed by atoms with van der Waals surface area (Å²) in [6.45, 7) is 4.93. The van der Waals surface area contributed by atoms with Gasteiger partial charge in [-0.15, -0.1) is 0 Å². The van der Waals surface area contributed by atoms with Gasteiger partial charge in [-0.25, -0.2) is 9.97 Å². The Balaban J connectivity index is 2.29. The number of nitrogens with one attached hydrogen (secondary N) is 2. The van der Waals surface area contributed by atoms with E-state index in [1.165, 1.54) is 0 Å². The summed E-state index contributed by atoms with van der Waals surface area (Å²) >= 11 is 6.98. The Hall–Kier alpha value is -1.14. The Bertz CT molecular complexity index is 602. The number of hydrogen-bond acceptors (Lipinski definition) is 4. The summed E-state index contributed by atoms with van der Waals surface area (Å²) in [5, 5.41) is 6.54. The molecule has 0 saturated carbocycles. The molecule has 0 unspecified atom stereocenters. The number of anilines is 3. The van der Waals surface area contributed by atoms with Crippen molar-refractivity contribution in [2.75, 3.05) is 17.2 Å². The van der Waals surface area contributed by atoms with Crippen LogP contribution >= 0.6 is 31.9 Å². The average molecular weight is 400 g/mol. The van der Waals surface area contributed by atoms with Crippen LogP contribution in [0.2, 0.25) is 0 Å². The molecule has 2 rings (SSSR count). The summed E-state index contributed by atoms with van der Waals surface area (Å²) in [6, 6.07) is 7.89. The van der Waals surface area contributed by atoms with Gasteiger partial charge in [0.05, 0.1) is 5.69 Å². The third-order valence-corrected chi connectivity index (χ3v) is 3.79. The molecule has 20 heavy (non-hydrogen) atoms. The molecule has 0 saturated heterocycles. The van der Waals surface area contributed by atoms with Gasteiger partial charge in [-0.3, -0.25) is 0 Å². The SMILES string of the molecule is CCNc1cc(Nc2ccc(Br)cc2Br)nc(CC)n1. The highest BCUT2D eigenvalue weighted by Crippen LogP contribution is 2.28. The van der Waals surface area contributed by atoms with Crippen molar-refractivity contribution in [2.24, 2.45) is 0 Å². The smallest absolute Gasteiger partial charge is 0.136 e. The molecule has 4 nitrogen and oxygen atoms in total. The van der Waals surface area contributed by atoms with E-state index in [0.29, 0.717) is 0 Å². The van der Waals surface area contributed by atoms with Crippen LogP contribution < -0.4 is 10.6 Å². The van der Waals surface area contributed by atoms with Crippen LogP contribution in [0.1, 0.15) is 19.7 Å². The number of halogens is 2. The number of aromatic nitrogens is 2. The lowest BCUT2D eigenvalue weighted by atomic mass is 10.3. The second kappa shape index (κ2) is 7.04. The van der Waals surface area contributed by atoms with Gasteiger partial charge < -0.3 is 10.6 Å². The number of aryl methyl sites for hydroxylation is 1. The van der Waals surface area contributed by atoms with Crippen LogP contribution in [0.15, 0.2) is 33.2 Å². The zero-order chi connectivity index (χ0) is 14.5. The van der Waals surface area contributed by atoms with E-state index in [2.05, 4.69) is 52.5 Å². The van der Waals surface area contributed by atoms with Gasteiger partial charge in [-0.1, -0.05) is 22.9 Å². The van der Waals surface area contributed by atoms with Crippen LogP contribution in [0, 0.1) is 0 Å². The fourth-order valence-corrected chi connectivity index (χ4v) is 2.87. The van der Waals surface area contributed by atoms with Gasteiger partial charge in [0.2, 0.25) is 0 Å². The predicted molar refractivity (Wildman–Crippen MR) is 90.7 cm³/mol. The van der Waals surface area contributed by atoms with Gasteiger partial charge in [0, 0.05) is 28.0 Å². The zero-order valence-corrected chi connectivity index (χ0v) is 14.5. The van der Waals surface area contributed by atoms with Gasteiger partial charge in [0.25, 0.3) is 0 Å². The van der Waals surface area contributed by atoms with Crippen molar-refractivity contribution in [3.8, 4) is 0 Å². The highest BCUT2D eigenvalue weighted by Gasteiger charge is 2.06. The molecule has 2 aromatic rings. The van der Waals surface area contributed by atoms with Crippen LogP contribution in [0.4, 0.5) is 17.3 Å². The molecule has 1 heterocycles. The molecule has 0 amide bonds. The molecule has 2 N–H and O–H groups in total. The van der Waals surface area contributed by atoms with E-state index < -0.39 is 0 Å². The highest BCUT2D eigenvalue weighted by atomic mass is 79.9. The molecule has 6 heteroatoms. The molecule has 106 valence electrons. The molecule has 1 aromatic carbocycles. The second-order valence-corrected chi connectivity index (χ2v) is 5.96. The molecule has 0 bridgehead atoms. The standard InChI is InChI=1S/C14H16Br2N4/c1-3-12-19-13(17-4-2)8-14(20-12)18-11-6-5-9(15)7-10(11)16/h5-8H,3-4H2,1-2H3,(H2,17,18,19,20). The van der Waals surface area contributed by atoms with E-state index >= 15 is 0 Å². The van der Waals surface area contributed by atoms with Gasteiger partial charge >= 0.3 is 0 Å². The molecule has 0 fully saturated rings. The van der Waals surface area contributed by atoms with Crippen LogP contribution in [0.25, 0.3) is 0 Å². The van der Waals surface area contributed by atoms with Crippen molar-refractivity contribution in [1.82, 2.24) is 9.97 Å². The van der Waals surface area contributed by atoms with Gasteiger partial charge in [-0.2, -0.15) is 0 Å². The lowest BCUT2D eigenvalue weighted by molar-refractivity contribution is 0.939. The monoisotopic (exact) mass is 398 g/mol. The van der Waals surface area contributed by atoms with E-state index in [4.69, 9.17) is 0 Å². The molecule has 0 aliphatic heterocycles. The fourth-order valence-electron chi connectivity index (χ4n) is 1.72. The average Bonchev–Trinajstić information content (AvgIpc) is 2.42. The first-order valence-corrected chi connectivity index (χ1v) is 8.05. The lowest BCUT2D eigenvalue weighted by Crippen LogP contribution is -2.05. The zero-order valence-electron chi connectivity index (χ0n) is 11.4. The fraction of sp³-hybridized carbons (Fsp3) is 0.286. The second-order valence-electron chi connectivity index (χ2n) is 4.19. The van der Waals surface area contributed by atoms with E-state index in [-0.39, 0.29) is 0 Å². The lowest BCUT2D eigenvalue weighted by Gasteiger charge is -2.11. The Morgan fingerprint density at radius 3 is 2.45 bits per heavy atom. The minimum atomic E-state index is 0.788. The number of rotatable bonds is 5. The first-order chi connectivity index (χ1) is 9.62. The normalized spacial score (nSPS) is 10.4. The van der Waals surface area contributed by atoms with E-state index in [9.17, 15) is 0 Å². The van der Waals surface area contributed by atoms with Gasteiger partial charge in [-0.05, 0) is 41.1 Å². The first-order valence-electron chi connectivity index (χ1n) is 6.46. The quantitative estimate of drug-likeness (QED) is 0.762. The molecular formula is C14H16Br2N4. The maximum absolute atomic E-state index is 4.50. The van der Waals surface area contributed by atoms with Gasteiger partial charge in [0.15, 0.2) is 0 Å². The predicted octanol–water partition coefficient (Wildman–Crippen LogP) is 4.74. The summed E-state index contributed by atoms with van der Waals surface area (Å²) < 4.78 is 2.01. The summed E-state index contributed by atoms with van der Waals surface area (Å²) in [5.74, 6) is 2.45. The van der Waals surface area contributed by atoms with Crippen molar-refractivity contribution in [1.29, 1.82) is 0 Å². The van der Waals surface area contributed by atoms with Crippen LogP contribution in [-0.4, -0.2) is 16.5 Å². The number of benzene rings is 1. The third-order valence-electron chi connectivity index (χ3n) is 2.64. The van der Waals surface area contributed by atoms with Crippen LogP contribution in [-0.2, 0) is 6.42 Å². The maximum atomic E-state index is 4.50. The van der Waals surface area contributed by atoms with Crippen molar-refractivity contribution in [2.45, 2.75) is 20.3 Å². The van der Waals surface area contributed by atoms with Crippen molar-refractivity contribution < 1.29 is 0 Å². The Labute approximate surface area is 135 Å². The molecule has 0 atom stereocenters. The largest absolute Gasteiger partial charge is 0.370 e. The Kier molecular flexibility index (Phi) is 5.37. The molecule has 0 aliphatic rings. The minimum Gasteiger partial charge on any atom is -0.370 e. The summed E-state index contributed by atoms with van der Waals surface area (Å²) in [5.41, 5.74) is 0.969. The Morgan fingerprint density at radius 1 is 1.05 bits per heavy atom. The molecule has 0 radical (unpaired) electrons. The minimum absolute atomic E-state index is 0.788. The van der Waals surface area contributed by atoms with E-state index in [1.807, 2.05) is 38.1 Å². The van der Waals surface area contributed by atoms with E-state index in [0.717, 1.165) is 45.1 Å². The summed E-state index contributed by atoms with van der Waals surface area (Å²) in [4.78, 5) is 8.94. The highest BCUT2D eigenvalue weighted by molar-refractivity contribution is 9.11. The molecule has 0 aliphatic carbocycles. The van der Waals surface area contributed by atoms with Crippen molar-refractivity contribution >= 4 is 49.2 Å². The van der Waals surface area contributed by atoms with Gasteiger partial charge in [0.1, 0.15) is 17.5 Å². The molecule has 0 spiro atoms. The first kappa shape index (κ1) is 15.3. The molecule has 1 aromatic heterocycles. The van der Waals surface area contributed by atoms with E-state index in [1.54, 1.807) is 0 Å². The Morgan fingerprint density at radius 2 is 1.80 bits per heavy atom. The number of nitrogens with zero attached hydrogens (tertiary/aromatic N) is 2. The summed E-state index contributed by atoms with van der Waals surface area (Å²) in [7, 11) is 0. The van der Waals surface area contributed by atoms with Crippen LogP contribution in [0.5, 0.6) is 0 Å². The van der Waals surface area contributed by atoms with Crippen molar-refractivity contribution in [3.05, 3.63) is 39.0 Å². The maximum Gasteiger partial charge on any atom is 0.136 e. The number of hydrogen-bond donors (Lipinski definition) is 2. The summed E-state index contributed by atoms with van der Waals surface area (Å²) in [6.07, 6.45) is 0.801. The van der Waals surface area contributed by atoms with Crippen LogP contribution in [0.3, 0.4) is 0 Å². The topological polar surface area (TPSA) is 49.8 Å². The molecular weight excluding hydrogens is 384 g/mol. The van der Waals surface area contributed by atoms with Crippen molar-refractivity contribution in [3.63, 3.8) is 0 Å². The third kappa shape index (κ3) is 3.93.